The lowest BCUT2D eigenvalue weighted by Gasteiger charge is -2.22. The Morgan fingerprint density at radius 2 is 1.74 bits per heavy atom. The maximum Gasteiger partial charge on any atom is 0.258 e. The Bertz CT molecular complexity index is 1430. The fourth-order valence-electron chi connectivity index (χ4n) is 3.88. The van der Waals surface area contributed by atoms with Gasteiger partial charge in [-0.3, -0.25) is 13.9 Å². The number of anilines is 3. The van der Waals surface area contributed by atoms with Crippen molar-refractivity contribution in [2.24, 2.45) is 11.5 Å². The predicted octanol–water partition coefficient (Wildman–Crippen LogP) is 2.33. The highest BCUT2D eigenvalue weighted by molar-refractivity contribution is 7.92. The summed E-state index contributed by atoms with van der Waals surface area (Å²) in [4.78, 5) is 24.5. The zero-order valence-electron chi connectivity index (χ0n) is 19.0. The Kier molecular flexibility index (Phi) is 6.59. The van der Waals surface area contributed by atoms with E-state index in [2.05, 4.69) is 10.6 Å². The van der Waals surface area contributed by atoms with Crippen molar-refractivity contribution in [1.29, 1.82) is 0 Å². The molecule has 0 unspecified atom stereocenters. The lowest BCUT2D eigenvalue weighted by molar-refractivity contribution is -0.116. The van der Waals surface area contributed by atoms with Crippen LogP contribution in [0.1, 0.15) is 16.7 Å². The van der Waals surface area contributed by atoms with E-state index in [0.717, 1.165) is 27.3 Å². The van der Waals surface area contributed by atoms with E-state index >= 15 is 0 Å². The molecule has 0 atom stereocenters. The van der Waals surface area contributed by atoms with Crippen molar-refractivity contribution < 1.29 is 18.0 Å². The number of amides is 2. The first-order valence-electron chi connectivity index (χ1n) is 10.7. The smallest absolute Gasteiger partial charge is 0.258 e. The van der Waals surface area contributed by atoms with E-state index in [9.17, 15) is 18.0 Å². The molecule has 0 saturated carbocycles. The normalized spacial score (nSPS) is 14.2. The lowest BCUT2D eigenvalue weighted by atomic mass is 9.99. The minimum absolute atomic E-state index is 0.260. The van der Waals surface area contributed by atoms with Gasteiger partial charge in [-0.25, -0.2) is 8.42 Å². The summed E-state index contributed by atoms with van der Waals surface area (Å²) in [5.41, 5.74) is 15.9. The van der Waals surface area contributed by atoms with Gasteiger partial charge in [0, 0.05) is 23.5 Å². The van der Waals surface area contributed by atoms with E-state index in [1.165, 1.54) is 0 Å². The van der Waals surface area contributed by atoms with E-state index in [1.54, 1.807) is 24.3 Å². The molecule has 0 saturated heterocycles. The van der Waals surface area contributed by atoms with Crippen molar-refractivity contribution in [3.63, 3.8) is 0 Å². The number of benzene rings is 3. The summed E-state index contributed by atoms with van der Waals surface area (Å²) in [5, 5.41) is 6.18. The molecule has 2 amide bonds. The van der Waals surface area contributed by atoms with Crippen LogP contribution in [0.2, 0.25) is 0 Å². The molecular weight excluding hydrogens is 466 g/mol. The van der Waals surface area contributed by atoms with E-state index in [4.69, 9.17) is 11.5 Å². The van der Waals surface area contributed by atoms with Crippen LogP contribution in [0.4, 0.5) is 17.1 Å². The second-order valence-corrected chi connectivity index (χ2v) is 9.97. The maximum atomic E-state index is 13.0. The highest BCUT2D eigenvalue weighted by Gasteiger charge is 2.28. The topological polar surface area (TPSA) is 148 Å². The van der Waals surface area contributed by atoms with Crippen LogP contribution in [-0.4, -0.2) is 33.0 Å². The van der Waals surface area contributed by atoms with Gasteiger partial charge in [-0.05, 0) is 35.4 Å². The predicted molar refractivity (Wildman–Crippen MR) is 138 cm³/mol. The summed E-state index contributed by atoms with van der Waals surface area (Å²) < 4.78 is 25.5. The number of nitrogens with two attached hydrogens (primary N) is 2. The molecule has 6 N–H and O–H groups in total. The number of sulfonamides is 1. The minimum atomic E-state index is -3.77. The van der Waals surface area contributed by atoms with Crippen LogP contribution in [0.15, 0.2) is 72.8 Å². The molecule has 9 nitrogen and oxygen atoms in total. The largest absolute Gasteiger partial charge is 0.368 e. The van der Waals surface area contributed by atoms with Crippen LogP contribution in [0, 0.1) is 0 Å². The van der Waals surface area contributed by atoms with Crippen molar-refractivity contribution in [1.82, 2.24) is 0 Å². The van der Waals surface area contributed by atoms with Crippen LogP contribution < -0.4 is 26.4 Å². The van der Waals surface area contributed by atoms with Crippen molar-refractivity contribution in [2.45, 2.75) is 6.54 Å². The summed E-state index contributed by atoms with van der Waals surface area (Å²) in [6.07, 6.45) is 1.00. The number of carbonyl (C=O) groups is 2. The van der Waals surface area contributed by atoms with Crippen LogP contribution in [0.25, 0.3) is 11.3 Å². The summed E-state index contributed by atoms with van der Waals surface area (Å²) in [6, 6.07) is 21.4. The van der Waals surface area contributed by atoms with E-state index in [-0.39, 0.29) is 11.6 Å². The second kappa shape index (κ2) is 9.61. The molecule has 0 fully saturated rings. The molecule has 10 heteroatoms. The molecular formula is C25H25N5O4S. The third-order valence-electron chi connectivity index (χ3n) is 5.50. The molecule has 4 rings (SSSR count). The number of rotatable bonds is 8. The average Bonchev–Trinajstić information content (AvgIpc) is 3.16. The molecule has 180 valence electrons. The van der Waals surface area contributed by atoms with Gasteiger partial charge in [0.05, 0.1) is 23.2 Å². The number of hydrogen-bond donors (Lipinski definition) is 4. The zero-order chi connectivity index (χ0) is 25.2. The highest BCUT2D eigenvalue weighted by atomic mass is 32.2. The average molecular weight is 492 g/mol. The number of para-hydroxylation sites is 1. The molecule has 0 radical (unpaired) electrons. The SMILES string of the molecule is CS(=O)(=O)N(CC(N)=O)c1cccc(N/C(=C2\C(=O)Nc3ccccc32)c2ccc(CN)cc2)c1. The number of fused-ring (bicyclic) bond motifs is 1. The minimum Gasteiger partial charge on any atom is -0.368 e. The molecule has 3 aromatic carbocycles. The van der Waals surface area contributed by atoms with Crippen molar-refractivity contribution in [2.75, 3.05) is 27.7 Å². The van der Waals surface area contributed by atoms with Crippen LogP contribution in [0.5, 0.6) is 0 Å². The monoisotopic (exact) mass is 491 g/mol. The third kappa shape index (κ3) is 5.18. The molecule has 1 aliphatic rings. The van der Waals surface area contributed by atoms with Gasteiger partial charge in [0.15, 0.2) is 0 Å². The Labute approximate surface area is 203 Å². The molecule has 35 heavy (non-hydrogen) atoms. The van der Waals surface area contributed by atoms with E-state index in [0.29, 0.717) is 29.2 Å². The number of nitrogens with one attached hydrogen (secondary N) is 2. The molecule has 0 bridgehead atoms. The first kappa shape index (κ1) is 24.0. The summed E-state index contributed by atoms with van der Waals surface area (Å²) >= 11 is 0. The number of carbonyl (C=O) groups excluding carboxylic acids is 2. The molecule has 3 aromatic rings. The van der Waals surface area contributed by atoms with Crippen LogP contribution in [0.3, 0.4) is 0 Å². The summed E-state index contributed by atoms with van der Waals surface area (Å²) in [7, 11) is -3.77. The highest BCUT2D eigenvalue weighted by Crippen LogP contribution is 2.37. The van der Waals surface area contributed by atoms with Gasteiger partial charge in [-0.2, -0.15) is 0 Å². The van der Waals surface area contributed by atoms with E-state index in [1.807, 2.05) is 48.5 Å². The van der Waals surface area contributed by atoms with Gasteiger partial charge >= 0.3 is 0 Å². The van der Waals surface area contributed by atoms with Crippen molar-refractivity contribution >= 4 is 50.2 Å². The van der Waals surface area contributed by atoms with E-state index < -0.39 is 22.5 Å². The van der Waals surface area contributed by atoms with Gasteiger partial charge in [-0.1, -0.05) is 48.5 Å². The Morgan fingerprint density at radius 3 is 2.40 bits per heavy atom. The van der Waals surface area contributed by atoms with Gasteiger partial charge < -0.3 is 22.1 Å². The summed E-state index contributed by atoms with van der Waals surface area (Å²) in [6.45, 7) is -0.112. The standard InChI is InChI=1S/C25H25N5O4S/c1-35(33,34)30(15-22(27)31)19-6-4-5-18(13-19)28-24(17-11-9-16(14-26)10-12-17)23-20-7-2-3-8-21(20)29-25(23)32/h2-13,28H,14-15,26H2,1H3,(H2,27,31)(H,29,32)/b24-23-. The molecule has 0 aromatic heterocycles. The van der Waals surface area contributed by atoms with Crippen molar-refractivity contribution in [3.05, 3.63) is 89.5 Å². The van der Waals surface area contributed by atoms with Gasteiger partial charge in [-0.15, -0.1) is 0 Å². The fraction of sp³-hybridized carbons (Fsp3) is 0.120. The molecule has 0 spiro atoms. The van der Waals surface area contributed by atoms with Crippen LogP contribution >= 0.6 is 0 Å². The van der Waals surface area contributed by atoms with Crippen LogP contribution in [-0.2, 0) is 26.2 Å². The first-order valence-corrected chi connectivity index (χ1v) is 12.6. The maximum absolute atomic E-state index is 13.0. The van der Waals surface area contributed by atoms with Crippen molar-refractivity contribution in [3.8, 4) is 0 Å². The third-order valence-corrected chi connectivity index (χ3v) is 6.64. The Morgan fingerprint density at radius 1 is 1.03 bits per heavy atom. The number of hydrogen-bond acceptors (Lipinski definition) is 6. The summed E-state index contributed by atoms with van der Waals surface area (Å²) in [5.74, 6) is -1.05. The lowest BCUT2D eigenvalue weighted by Crippen LogP contribution is -2.37. The quantitative estimate of drug-likeness (QED) is 0.356. The molecule has 1 heterocycles. The zero-order valence-corrected chi connectivity index (χ0v) is 19.8. The second-order valence-electron chi connectivity index (χ2n) is 8.06. The first-order chi connectivity index (χ1) is 16.7. The Hall–Kier alpha value is -4.15. The number of primary amides is 1. The number of nitrogens with zero attached hydrogens (tertiary/aromatic N) is 1. The van der Waals surface area contributed by atoms with Gasteiger partial charge in [0.25, 0.3) is 5.91 Å². The van der Waals surface area contributed by atoms with Gasteiger partial charge in [0.1, 0.15) is 6.54 Å². The molecule has 0 aliphatic carbocycles. The fourth-order valence-corrected chi connectivity index (χ4v) is 4.73. The van der Waals surface area contributed by atoms with Gasteiger partial charge in [0.2, 0.25) is 15.9 Å². The Balaban J connectivity index is 1.83. The molecule has 1 aliphatic heterocycles.